The Labute approximate surface area is 160 Å². The fourth-order valence-electron chi connectivity index (χ4n) is 3.31. The number of carbonyl (C=O) groups excluding carboxylic acids is 1. The topological polar surface area (TPSA) is 55.8 Å². The van der Waals surface area contributed by atoms with Gasteiger partial charge in [-0.05, 0) is 66.7 Å². The number of hydrogen-bond donors (Lipinski definition) is 1. The Balaban J connectivity index is 2.94. The maximum Gasteiger partial charge on any atom is 0.419 e. The van der Waals surface area contributed by atoms with Crippen LogP contribution >= 0.6 is 0 Å². The first-order valence-corrected chi connectivity index (χ1v) is 9.47. The molecule has 3 unspecified atom stereocenters. The quantitative estimate of drug-likeness (QED) is 0.521. The van der Waals surface area contributed by atoms with Crippen LogP contribution in [0.4, 0.5) is 13.2 Å². The highest BCUT2D eigenvalue weighted by Gasteiger charge is 2.61. The molecule has 0 heterocycles. The summed E-state index contributed by atoms with van der Waals surface area (Å²) < 4.78 is 51.3. The van der Waals surface area contributed by atoms with Crippen LogP contribution in [-0.4, -0.2) is 40.2 Å². The van der Waals surface area contributed by atoms with Crippen LogP contribution in [0.2, 0.25) is 0 Å². The Morgan fingerprint density at radius 2 is 1.70 bits per heavy atom. The zero-order chi connectivity index (χ0) is 21.1. The summed E-state index contributed by atoms with van der Waals surface area (Å²) in [7, 11) is 0. The van der Waals surface area contributed by atoms with E-state index < -0.39 is 28.9 Å². The molecule has 1 saturated carbocycles. The smallest absolute Gasteiger partial charge is 0.419 e. The van der Waals surface area contributed by atoms with Crippen molar-refractivity contribution in [3.8, 4) is 0 Å². The van der Waals surface area contributed by atoms with Crippen molar-refractivity contribution in [3.63, 3.8) is 0 Å². The molecule has 0 aromatic heterocycles. The predicted octanol–water partition coefficient (Wildman–Crippen LogP) is 5.09. The molecule has 0 aromatic rings. The van der Waals surface area contributed by atoms with E-state index in [1.807, 2.05) is 0 Å². The van der Waals surface area contributed by atoms with E-state index in [1.54, 1.807) is 13.8 Å². The molecule has 0 bridgehead atoms. The summed E-state index contributed by atoms with van der Waals surface area (Å²) in [6.07, 6.45) is -0.402. The van der Waals surface area contributed by atoms with Crippen LogP contribution in [-0.2, 0) is 14.3 Å². The van der Waals surface area contributed by atoms with E-state index >= 15 is 0 Å². The lowest BCUT2D eigenvalue weighted by molar-refractivity contribution is -0.329. The van der Waals surface area contributed by atoms with Crippen molar-refractivity contribution in [2.24, 2.45) is 0 Å². The highest BCUT2D eigenvalue weighted by Crippen LogP contribution is 2.44. The number of ether oxygens (including phenoxy) is 2. The number of esters is 1. The summed E-state index contributed by atoms with van der Waals surface area (Å²) in [5.74, 6) is -0.456. The van der Waals surface area contributed by atoms with E-state index in [9.17, 15) is 23.1 Å². The Morgan fingerprint density at radius 3 is 2.22 bits per heavy atom. The summed E-state index contributed by atoms with van der Waals surface area (Å²) in [5, 5.41) is 10.1. The van der Waals surface area contributed by atoms with Gasteiger partial charge in [-0.2, -0.15) is 13.2 Å². The number of aliphatic hydroxyl groups is 1. The van der Waals surface area contributed by atoms with Crippen molar-refractivity contribution in [2.45, 2.75) is 109 Å². The van der Waals surface area contributed by atoms with E-state index in [0.29, 0.717) is 31.3 Å². The highest BCUT2D eigenvalue weighted by molar-refractivity contribution is 5.87. The summed E-state index contributed by atoms with van der Waals surface area (Å²) >= 11 is 0. The summed E-state index contributed by atoms with van der Waals surface area (Å²) in [6, 6.07) is 0. The molecule has 1 N–H and O–H groups in total. The third-order valence-electron chi connectivity index (χ3n) is 5.57. The van der Waals surface area contributed by atoms with E-state index in [2.05, 4.69) is 6.58 Å². The van der Waals surface area contributed by atoms with Gasteiger partial charge in [0.15, 0.2) is 5.60 Å². The maximum atomic E-state index is 13.3. The Kier molecular flexibility index (Phi) is 7.56. The van der Waals surface area contributed by atoms with Gasteiger partial charge in [-0.15, -0.1) is 0 Å². The maximum absolute atomic E-state index is 13.3. The first-order valence-electron chi connectivity index (χ1n) is 9.47. The molecule has 27 heavy (non-hydrogen) atoms. The van der Waals surface area contributed by atoms with Crippen molar-refractivity contribution < 1.29 is 32.5 Å². The fraction of sp³-hybridized carbons (Fsp3) is 0.850. The first-order chi connectivity index (χ1) is 12.1. The number of halogens is 3. The first kappa shape index (κ1) is 24.0. The van der Waals surface area contributed by atoms with Crippen LogP contribution in [0.3, 0.4) is 0 Å². The summed E-state index contributed by atoms with van der Waals surface area (Å²) in [4.78, 5) is 11.8. The molecule has 1 fully saturated rings. The molecule has 1 aliphatic rings. The second kappa shape index (κ2) is 8.52. The standard InChI is InChI=1S/C20H33F3O4/c1-14(2)16(24)26-15-10-8-7-9-12-18(5,13-11-15)27-17(3,4)19(6,25)20(21,22)23/h15,25H,1,7-13H2,2-6H3. The number of hydrogen-bond acceptors (Lipinski definition) is 4. The zero-order valence-corrected chi connectivity index (χ0v) is 17.0. The Bertz CT molecular complexity index is 540. The lowest BCUT2D eigenvalue weighted by Gasteiger charge is -2.46. The molecular weight excluding hydrogens is 361 g/mol. The van der Waals surface area contributed by atoms with Gasteiger partial charge < -0.3 is 14.6 Å². The molecule has 7 heteroatoms. The van der Waals surface area contributed by atoms with Crippen LogP contribution in [0.25, 0.3) is 0 Å². The summed E-state index contributed by atoms with van der Waals surface area (Å²) in [5.41, 5.74) is -5.38. The molecule has 3 atom stereocenters. The van der Waals surface area contributed by atoms with Gasteiger partial charge in [0.2, 0.25) is 0 Å². The predicted molar refractivity (Wildman–Crippen MR) is 97.3 cm³/mol. The Hall–Kier alpha value is -1.08. The van der Waals surface area contributed by atoms with Crippen LogP contribution < -0.4 is 0 Å². The Morgan fingerprint density at radius 1 is 1.11 bits per heavy atom. The van der Waals surface area contributed by atoms with Crippen LogP contribution in [0.15, 0.2) is 12.2 Å². The summed E-state index contributed by atoms with van der Waals surface area (Å²) in [6.45, 7) is 10.2. The van der Waals surface area contributed by atoms with Crippen LogP contribution in [0, 0.1) is 0 Å². The molecule has 0 spiro atoms. The van der Waals surface area contributed by atoms with Gasteiger partial charge in [-0.25, -0.2) is 4.79 Å². The molecule has 0 aromatic carbocycles. The minimum Gasteiger partial charge on any atom is -0.459 e. The number of carbonyl (C=O) groups is 1. The van der Waals surface area contributed by atoms with Gasteiger partial charge >= 0.3 is 12.1 Å². The van der Waals surface area contributed by atoms with Crippen molar-refractivity contribution in [3.05, 3.63) is 12.2 Å². The highest BCUT2D eigenvalue weighted by atomic mass is 19.4. The van der Waals surface area contributed by atoms with E-state index in [0.717, 1.165) is 26.2 Å². The van der Waals surface area contributed by atoms with Crippen LogP contribution in [0.5, 0.6) is 0 Å². The lowest BCUT2D eigenvalue weighted by atomic mass is 9.84. The van der Waals surface area contributed by atoms with Crippen molar-refractivity contribution in [1.82, 2.24) is 0 Å². The number of rotatable bonds is 5. The van der Waals surface area contributed by atoms with Crippen molar-refractivity contribution in [2.75, 3.05) is 0 Å². The van der Waals surface area contributed by atoms with Crippen molar-refractivity contribution in [1.29, 1.82) is 0 Å². The van der Waals surface area contributed by atoms with Gasteiger partial charge in [0, 0.05) is 5.57 Å². The average molecular weight is 394 g/mol. The lowest BCUT2D eigenvalue weighted by Crippen LogP contribution is -2.61. The van der Waals surface area contributed by atoms with Gasteiger partial charge in [0.25, 0.3) is 0 Å². The van der Waals surface area contributed by atoms with E-state index in [1.165, 1.54) is 13.8 Å². The molecule has 4 nitrogen and oxygen atoms in total. The largest absolute Gasteiger partial charge is 0.459 e. The van der Waals surface area contributed by atoms with E-state index in [-0.39, 0.29) is 6.10 Å². The molecule has 0 saturated heterocycles. The number of alkyl halides is 3. The molecule has 158 valence electrons. The molecular formula is C20H33F3O4. The second-order valence-electron chi connectivity index (χ2n) is 8.58. The fourth-order valence-corrected chi connectivity index (χ4v) is 3.31. The van der Waals surface area contributed by atoms with E-state index in [4.69, 9.17) is 9.47 Å². The third-order valence-corrected chi connectivity index (χ3v) is 5.57. The SMILES string of the molecule is C=C(C)C(=O)OC1CCCCCC(C)(OC(C)(C)C(C)(O)C(F)(F)F)CC1. The second-order valence-corrected chi connectivity index (χ2v) is 8.58. The average Bonchev–Trinajstić information content (AvgIpc) is 2.57. The van der Waals surface area contributed by atoms with Crippen molar-refractivity contribution >= 4 is 5.97 Å². The molecule has 1 aliphatic carbocycles. The molecule has 0 radical (unpaired) electrons. The minimum absolute atomic E-state index is 0.316. The third kappa shape index (κ3) is 6.21. The van der Waals surface area contributed by atoms with Gasteiger partial charge in [0.1, 0.15) is 11.7 Å². The molecule has 1 rings (SSSR count). The van der Waals surface area contributed by atoms with Gasteiger partial charge in [0.05, 0.1) is 5.60 Å². The monoisotopic (exact) mass is 394 g/mol. The minimum atomic E-state index is -4.81. The normalized spacial score (nSPS) is 27.7. The molecule has 0 amide bonds. The van der Waals surface area contributed by atoms with Gasteiger partial charge in [-0.3, -0.25) is 0 Å². The van der Waals surface area contributed by atoms with Crippen LogP contribution in [0.1, 0.15) is 79.6 Å². The molecule has 0 aliphatic heterocycles. The zero-order valence-electron chi connectivity index (χ0n) is 17.0. The van der Waals surface area contributed by atoms with Gasteiger partial charge in [-0.1, -0.05) is 19.4 Å².